The fourth-order valence-corrected chi connectivity index (χ4v) is 4.07. The first kappa shape index (κ1) is 14.9. The summed E-state index contributed by atoms with van der Waals surface area (Å²) in [6.07, 6.45) is 2.89. The topological polar surface area (TPSA) is 66.6 Å². The van der Waals surface area contributed by atoms with Crippen LogP contribution in [0.2, 0.25) is 0 Å². The number of hydrogen-bond donors (Lipinski definition) is 1. The van der Waals surface area contributed by atoms with Crippen LogP contribution >= 0.6 is 0 Å². The van der Waals surface area contributed by atoms with Gasteiger partial charge in [0.1, 0.15) is 0 Å². The maximum atomic E-state index is 12.4. The summed E-state index contributed by atoms with van der Waals surface area (Å²) in [5.41, 5.74) is 5.67. The Morgan fingerprint density at radius 2 is 2.06 bits per heavy atom. The second-order valence-corrected chi connectivity index (χ2v) is 7.17. The Bertz CT molecular complexity index is 330. The van der Waals surface area contributed by atoms with Crippen LogP contribution in [0.5, 0.6) is 0 Å². The van der Waals surface area contributed by atoms with Crippen LogP contribution in [0.25, 0.3) is 0 Å². The molecule has 0 saturated carbocycles. The van der Waals surface area contributed by atoms with E-state index in [1.807, 2.05) is 13.8 Å². The minimum atomic E-state index is -3.33. The molecule has 0 amide bonds. The van der Waals surface area contributed by atoms with Gasteiger partial charge in [-0.25, -0.2) is 0 Å². The molecule has 1 saturated heterocycles. The van der Waals surface area contributed by atoms with Crippen molar-refractivity contribution >= 4 is 10.2 Å². The molecule has 102 valence electrons. The zero-order valence-corrected chi connectivity index (χ0v) is 11.9. The molecule has 0 aromatic carbocycles. The maximum absolute atomic E-state index is 12.4. The van der Waals surface area contributed by atoms with Crippen molar-refractivity contribution in [3.63, 3.8) is 0 Å². The molecule has 0 aromatic heterocycles. The van der Waals surface area contributed by atoms with Gasteiger partial charge in [0.05, 0.1) is 0 Å². The van der Waals surface area contributed by atoms with Gasteiger partial charge in [-0.3, -0.25) is 0 Å². The molecule has 2 N–H and O–H groups in total. The molecule has 0 aromatic rings. The lowest BCUT2D eigenvalue weighted by atomic mass is 10.1. The third kappa shape index (κ3) is 3.64. The van der Waals surface area contributed by atoms with Gasteiger partial charge in [-0.15, -0.1) is 0 Å². The van der Waals surface area contributed by atoms with E-state index >= 15 is 0 Å². The molecule has 1 aliphatic rings. The lowest BCUT2D eigenvalue weighted by molar-refractivity contribution is 0.237. The van der Waals surface area contributed by atoms with E-state index in [0.717, 1.165) is 19.3 Å². The molecule has 1 aliphatic heterocycles. The molecule has 0 radical (unpaired) electrons. The standard InChI is InChI=1S/C11H25N3O2S/c1-10(2)9-13(3)17(15,16)14-7-5-4-6-11(14)8-12/h10-11H,4-9,12H2,1-3H3. The molecule has 6 heteroatoms. The highest BCUT2D eigenvalue weighted by Gasteiger charge is 2.34. The van der Waals surface area contributed by atoms with Gasteiger partial charge in [-0.2, -0.15) is 17.0 Å². The molecule has 1 fully saturated rings. The number of nitrogens with zero attached hydrogens (tertiary/aromatic N) is 2. The summed E-state index contributed by atoms with van der Waals surface area (Å²) < 4.78 is 27.8. The summed E-state index contributed by atoms with van der Waals surface area (Å²) in [6.45, 7) is 5.60. The number of hydrogen-bond acceptors (Lipinski definition) is 3. The zero-order chi connectivity index (χ0) is 13.1. The minimum absolute atomic E-state index is 0.0247. The summed E-state index contributed by atoms with van der Waals surface area (Å²) >= 11 is 0. The van der Waals surface area contributed by atoms with Gasteiger partial charge in [0, 0.05) is 32.7 Å². The Morgan fingerprint density at radius 1 is 1.41 bits per heavy atom. The van der Waals surface area contributed by atoms with Crippen LogP contribution in [0.3, 0.4) is 0 Å². The van der Waals surface area contributed by atoms with Gasteiger partial charge in [-0.05, 0) is 18.8 Å². The van der Waals surface area contributed by atoms with Gasteiger partial charge in [-0.1, -0.05) is 20.3 Å². The smallest absolute Gasteiger partial charge is 0.282 e. The molecular weight excluding hydrogens is 238 g/mol. The van der Waals surface area contributed by atoms with Crippen LogP contribution in [-0.4, -0.2) is 49.8 Å². The van der Waals surface area contributed by atoms with Crippen molar-refractivity contribution in [2.75, 3.05) is 26.7 Å². The van der Waals surface area contributed by atoms with Crippen LogP contribution in [0.15, 0.2) is 0 Å². The van der Waals surface area contributed by atoms with Crippen LogP contribution in [-0.2, 0) is 10.2 Å². The van der Waals surface area contributed by atoms with Crippen LogP contribution in [0.1, 0.15) is 33.1 Å². The van der Waals surface area contributed by atoms with Crippen LogP contribution < -0.4 is 5.73 Å². The van der Waals surface area contributed by atoms with E-state index in [9.17, 15) is 8.42 Å². The molecular formula is C11H25N3O2S. The van der Waals surface area contributed by atoms with E-state index in [4.69, 9.17) is 5.73 Å². The van der Waals surface area contributed by atoms with Gasteiger partial charge >= 0.3 is 0 Å². The summed E-state index contributed by atoms with van der Waals surface area (Å²) in [5.74, 6) is 0.330. The predicted octanol–water partition coefficient (Wildman–Crippen LogP) is 0.632. The van der Waals surface area contributed by atoms with E-state index in [0.29, 0.717) is 25.6 Å². The largest absolute Gasteiger partial charge is 0.329 e. The van der Waals surface area contributed by atoms with Crippen molar-refractivity contribution in [2.24, 2.45) is 11.7 Å². The lowest BCUT2D eigenvalue weighted by Crippen LogP contribution is -2.52. The molecule has 0 spiro atoms. The fourth-order valence-electron chi connectivity index (χ4n) is 2.30. The second-order valence-electron chi connectivity index (χ2n) is 5.18. The first-order chi connectivity index (χ1) is 7.89. The summed E-state index contributed by atoms with van der Waals surface area (Å²) in [5, 5.41) is 0. The Hall–Kier alpha value is -0.170. The predicted molar refractivity (Wildman–Crippen MR) is 69.8 cm³/mol. The third-order valence-electron chi connectivity index (χ3n) is 3.16. The van der Waals surface area contributed by atoms with Crippen molar-refractivity contribution in [1.82, 2.24) is 8.61 Å². The quantitative estimate of drug-likeness (QED) is 0.791. The Labute approximate surface area is 105 Å². The summed E-state index contributed by atoms with van der Waals surface area (Å²) in [6, 6.07) is -0.0247. The monoisotopic (exact) mass is 263 g/mol. The molecule has 0 bridgehead atoms. The van der Waals surface area contributed by atoms with Crippen molar-refractivity contribution in [3.8, 4) is 0 Å². The molecule has 1 atom stereocenters. The third-order valence-corrected chi connectivity index (χ3v) is 5.17. The van der Waals surface area contributed by atoms with Gasteiger partial charge in [0.2, 0.25) is 0 Å². The molecule has 5 nitrogen and oxygen atoms in total. The normalized spacial score (nSPS) is 23.5. The highest BCUT2D eigenvalue weighted by Crippen LogP contribution is 2.21. The van der Waals surface area contributed by atoms with Crippen LogP contribution in [0, 0.1) is 5.92 Å². The Morgan fingerprint density at radius 3 is 2.59 bits per heavy atom. The van der Waals surface area contributed by atoms with E-state index in [1.54, 1.807) is 11.4 Å². The molecule has 17 heavy (non-hydrogen) atoms. The highest BCUT2D eigenvalue weighted by molar-refractivity contribution is 7.86. The molecule has 1 heterocycles. The Kier molecular flexibility index (Phi) is 5.37. The molecule has 1 unspecified atom stereocenters. The van der Waals surface area contributed by atoms with E-state index < -0.39 is 10.2 Å². The first-order valence-corrected chi connectivity index (χ1v) is 7.72. The number of nitrogens with two attached hydrogens (primary N) is 1. The van der Waals surface area contributed by atoms with E-state index in [1.165, 1.54) is 4.31 Å². The SMILES string of the molecule is CC(C)CN(C)S(=O)(=O)N1CCCCC1CN. The van der Waals surface area contributed by atoms with Crippen molar-refractivity contribution in [3.05, 3.63) is 0 Å². The van der Waals surface area contributed by atoms with E-state index in [-0.39, 0.29) is 6.04 Å². The van der Waals surface area contributed by atoms with E-state index in [2.05, 4.69) is 0 Å². The van der Waals surface area contributed by atoms with Crippen molar-refractivity contribution in [1.29, 1.82) is 0 Å². The van der Waals surface area contributed by atoms with Crippen molar-refractivity contribution < 1.29 is 8.42 Å². The van der Waals surface area contributed by atoms with Gasteiger partial charge in [0.25, 0.3) is 10.2 Å². The zero-order valence-electron chi connectivity index (χ0n) is 11.1. The average Bonchev–Trinajstić information content (AvgIpc) is 2.28. The van der Waals surface area contributed by atoms with Gasteiger partial charge < -0.3 is 5.73 Å². The minimum Gasteiger partial charge on any atom is -0.329 e. The average molecular weight is 263 g/mol. The maximum Gasteiger partial charge on any atom is 0.282 e. The summed E-state index contributed by atoms with van der Waals surface area (Å²) in [4.78, 5) is 0. The number of piperidine rings is 1. The van der Waals surface area contributed by atoms with Gasteiger partial charge in [0.15, 0.2) is 0 Å². The highest BCUT2D eigenvalue weighted by atomic mass is 32.2. The fraction of sp³-hybridized carbons (Fsp3) is 1.00. The number of rotatable bonds is 5. The second kappa shape index (κ2) is 6.13. The first-order valence-electron chi connectivity index (χ1n) is 6.32. The van der Waals surface area contributed by atoms with Crippen LogP contribution in [0.4, 0.5) is 0 Å². The molecule has 0 aliphatic carbocycles. The Balaban J connectivity index is 2.80. The molecule has 1 rings (SSSR count). The van der Waals surface area contributed by atoms with Crippen molar-refractivity contribution in [2.45, 2.75) is 39.2 Å². The summed E-state index contributed by atoms with van der Waals surface area (Å²) in [7, 11) is -1.68. The lowest BCUT2D eigenvalue weighted by Gasteiger charge is -2.36.